The fourth-order valence-electron chi connectivity index (χ4n) is 1.36. The minimum atomic E-state index is -0.873. The van der Waals surface area contributed by atoms with Gasteiger partial charge in [0, 0.05) is 6.54 Å². The van der Waals surface area contributed by atoms with E-state index in [4.69, 9.17) is 9.52 Å². The van der Waals surface area contributed by atoms with Crippen LogP contribution in [0.4, 0.5) is 0 Å². The highest BCUT2D eigenvalue weighted by atomic mass is 16.4. The molecule has 0 spiro atoms. The second-order valence-corrected chi connectivity index (χ2v) is 3.60. The summed E-state index contributed by atoms with van der Waals surface area (Å²) in [5, 5.41) is 8.72. The fourth-order valence-corrected chi connectivity index (χ4v) is 1.36. The van der Waals surface area contributed by atoms with Gasteiger partial charge in [-0.05, 0) is 13.8 Å². The summed E-state index contributed by atoms with van der Waals surface area (Å²) in [5.74, 6) is 0.434. The van der Waals surface area contributed by atoms with Gasteiger partial charge in [0.1, 0.15) is 5.76 Å². The topological polar surface area (TPSA) is 66.6 Å². The number of aliphatic carboxylic acids is 1. The predicted molar refractivity (Wildman–Crippen MR) is 59.1 cm³/mol. The predicted octanol–water partition coefficient (Wildman–Crippen LogP) is 1.36. The Morgan fingerprint density at radius 2 is 2.31 bits per heavy atom. The first-order chi connectivity index (χ1) is 7.52. The van der Waals surface area contributed by atoms with Crippen LogP contribution >= 0.6 is 0 Å². The highest BCUT2D eigenvalue weighted by molar-refractivity contribution is 5.69. The van der Waals surface area contributed by atoms with E-state index in [1.807, 2.05) is 13.8 Å². The second-order valence-electron chi connectivity index (χ2n) is 3.60. The molecule has 0 unspecified atom stereocenters. The molecule has 0 radical (unpaired) electrons. The molecule has 5 heteroatoms. The summed E-state index contributed by atoms with van der Waals surface area (Å²) in [7, 11) is 0. The largest absolute Gasteiger partial charge is 0.480 e. The van der Waals surface area contributed by atoms with E-state index in [1.165, 1.54) is 0 Å². The lowest BCUT2D eigenvalue weighted by atomic mass is 10.4. The van der Waals surface area contributed by atoms with Gasteiger partial charge in [-0.1, -0.05) is 6.08 Å². The fraction of sp³-hybridized carbons (Fsp3) is 0.455. The van der Waals surface area contributed by atoms with Crippen LogP contribution < -0.4 is 0 Å². The number of hydrogen-bond donors (Lipinski definition) is 1. The van der Waals surface area contributed by atoms with Gasteiger partial charge in [0.2, 0.25) is 5.89 Å². The van der Waals surface area contributed by atoms with Crippen LogP contribution in [0.5, 0.6) is 0 Å². The van der Waals surface area contributed by atoms with Crippen LogP contribution in [-0.2, 0) is 11.3 Å². The van der Waals surface area contributed by atoms with Crippen LogP contribution in [-0.4, -0.2) is 34.0 Å². The van der Waals surface area contributed by atoms with Crippen molar-refractivity contribution in [2.24, 2.45) is 0 Å². The highest BCUT2D eigenvalue weighted by Gasteiger charge is 2.13. The average molecular weight is 224 g/mol. The van der Waals surface area contributed by atoms with Gasteiger partial charge in [-0.15, -0.1) is 6.58 Å². The number of aryl methyl sites for hydroxylation is 2. The molecule has 0 saturated carbocycles. The van der Waals surface area contributed by atoms with Gasteiger partial charge in [0.25, 0.3) is 0 Å². The molecule has 0 aliphatic carbocycles. The van der Waals surface area contributed by atoms with Gasteiger partial charge in [-0.2, -0.15) is 0 Å². The molecule has 0 fully saturated rings. The van der Waals surface area contributed by atoms with E-state index in [-0.39, 0.29) is 6.54 Å². The van der Waals surface area contributed by atoms with Gasteiger partial charge in [-0.3, -0.25) is 9.69 Å². The number of rotatable bonds is 6. The van der Waals surface area contributed by atoms with Crippen LogP contribution in [0.1, 0.15) is 17.3 Å². The molecular formula is C11H16N2O3. The summed E-state index contributed by atoms with van der Waals surface area (Å²) in [6.07, 6.45) is 1.66. The quantitative estimate of drug-likeness (QED) is 0.739. The van der Waals surface area contributed by atoms with Crippen molar-refractivity contribution >= 4 is 5.97 Å². The van der Waals surface area contributed by atoms with Gasteiger partial charge in [0.15, 0.2) is 0 Å². The number of oxazole rings is 1. The van der Waals surface area contributed by atoms with Gasteiger partial charge in [0.05, 0.1) is 18.8 Å². The van der Waals surface area contributed by atoms with Crippen molar-refractivity contribution in [3.63, 3.8) is 0 Å². The van der Waals surface area contributed by atoms with Crippen molar-refractivity contribution in [1.29, 1.82) is 0 Å². The lowest BCUT2D eigenvalue weighted by Gasteiger charge is -2.15. The number of aromatic nitrogens is 1. The molecule has 5 nitrogen and oxygen atoms in total. The molecule has 0 bridgehead atoms. The maximum atomic E-state index is 10.6. The number of nitrogens with zero attached hydrogens (tertiary/aromatic N) is 2. The first kappa shape index (κ1) is 12.4. The molecule has 0 saturated heterocycles. The number of carboxylic acid groups (broad SMARTS) is 1. The van der Waals surface area contributed by atoms with E-state index in [1.54, 1.807) is 11.0 Å². The summed E-state index contributed by atoms with van der Waals surface area (Å²) in [6, 6.07) is 0. The standard InChI is InChI=1S/C11H16N2O3/c1-4-5-13(7-11(14)15)6-10-12-8(2)9(3)16-10/h4H,1,5-7H2,2-3H3,(H,14,15). The van der Waals surface area contributed by atoms with E-state index >= 15 is 0 Å². The Morgan fingerprint density at radius 3 is 2.75 bits per heavy atom. The summed E-state index contributed by atoms with van der Waals surface area (Å²) in [6.45, 7) is 8.10. The molecule has 0 aliphatic rings. The summed E-state index contributed by atoms with van der Waals surface area (Å²) >= 11 is 0. The molecule has 1 N–H and O–H groups in total. The molecule has 88 valence electrons. The molecule has 1 rings (SSSR count). The van der Waals surface area contributed by atoms with Crippen LogP contribution in [0.25, 0.3) is 0 Å². The molecule has 16 heavy (non-hydrogen) atoms. The van der Waals surface area contributed by atoms with E-state index in [0.29, 0.717) is 19.0 Å². The van der Waals surface area contributed by atoms with Crippen molar-refractivity contribution in [1.82, 2.24) is 9.88 Å². The Kier molecular flexibility index (Phi) is 4.25. The normalized spacial score (nSPS) is 10.7. The molecule has 1 heterocycles. The van der Waals surface area contributed by atoms with Gasteiger partial charge >= 0.3 is 5.97 Å². The van der Waals surface area contributed by atoms with E-state index in [0.717, 1.165) is 11.5 Å². The molecule has 0 amide bonds. The first-order valence-corrected chi connectivity index (χ1v) is 5.01. The molecular weight excluding hydrogens is 208 g/mol. The minimum Gasteiger partial charge on any atom is -0.480 e. The minimum absolute atomic E-state index is 0.0491. The monoisotopic (exact) mass is 224 g/mol. The molecule has 0 atom stereocenters. The van der Waals surface area contributed by atoms with Crippen molar-refractivity contribution in [3.8, 4) is 0 Å². The second kappa shape index (κ2) is 5.46. The van der Waals surface area contributed by atoms with Crippen LogP contribution in [0.3, 0.4) is 0 Å². The zero-order valence-electron chi connectivity index (χ0n) is 9.56. The molecule has 1 aromatic heterocycles. The van der Waals surface area contributed by atoms with Gasteiger partial charge < -0.3 is 9.52 Å². The zero-order valence-corrected chi connectivity index (χ0v) is 9.56. The van der Waals surface area contributed by atoms with Crippen LogP contribution in [0.15, 0.2) is 17.1 Å². The van der Waals surface area contributed by atoms with E-state index in [2.05, 4.69) is 11.6 Å². The Morgan fingerprint density at radius 1 is 1.62 bits per heavy atom. The number of carbonyl (C=O) groups is 1. The van der Waals surface area contributed by atoms with Crippen molar-refractivity contribution in [3.05, 3.63) is 30.0 Å². The average Bonchev–Trinajstić information content (AvgIpc) is 2.45. The van der Waals surface area contributed by atoms with Crippen molar-refractivity contribution in [2.45, 2.75) is 20.4 Å². The lowest BCUT2D eigenvalue weighted by molar-refractivity contribution is -0.138. The Hall–Kier alpha value is -1.62. The SMILES string of the molecule is C=CCN(CC(=O)O)Cc1nc(C)c(C)o1. The maximum Gasteiger partial charge on any atom is 0.317 e. The lowest BCUT2D eigenvalue weighted by Crippen LogP contribution is -2.29. The van der Waals surface area contributed by atoms with Gasteiger partial charge in [-0.25, -0.2) is 4.98 Å². The number of carboxylic acids is 1. The third-order valence-electron chi connectivity index (χ3n) is 2.18. The van der Waals surface area contributed by atoms with Crippen LogP contribution in [0.2, 0.25) is 0 Å². The molecule has 0 aromatic carbocycles. The van der Waals surface area contributed by atoms with Crippen molar-refractivity contribution in [2.75, 3.05) is 13.1 Å². The summed E-state index contributed by atoms with van der Waals surface area (Å²) in [4.78, 5) is 16.5. The Balaban J connectivity index is 2.66. The maximum absolute atomic E-state index is 10.6. The van der Waals surface area contributed by atoms with Crippen molar-refractivity contribution < 1.29 is 14.3 Å². The third-order valence-corrected chi connectivity index (χ3v) is 2.18. The van der Waals surface area contributed by atoms with E-state index in [9.17, 15) is 4.79 Å². The smallest absolute Gasteiger partial charge is 0.317 e. The van der Waals surface area contributed by atoms with Crippen LogP contribution in [0, 0.1) is 13.8 Å². The zero-order chi connectivity index (χ0) is 12.1. The first-order valence-electron chi connectivity index (χ1n) is 5.01. The molecule has 0 aliphatic heterocycles. The number of hydrogen-bond acceptors (Lipinski definition) is 4. The van der Waals surface area contributed by atoms with E-state index < -0.39 is 5.97 Å². The summed E-state index contributed by atoms with van der Waals surface area (Å²) in [5.41, 5.74) is 0.837. The third kappa shape index (κ3) is 3.51. The Labute approximate surface area is 94.4 Å². The molecule has 1 aromatic rings. The Bertz CT molecular complexity index is 365. The summed E-state index contributed by atoms with van der Waals surface area (Å²) < 4.78 is 5.39. The highest BCUT2D eigenvalue weighted by Crippen LogP contribution is 2.10.